The van der Waals surface area contributed by atoms with Crippen LogP contribution in [0.1, 0.15) is 44.2 Å². The van der Waals surface area contributed by atoms with Crippen LogP contribution in [0.5, 0.6) is 0 Å². The fourth-order valence-electron chi connectivity index (χ4n) is 4.09. The lowest BCUT2D eigenvalue weighted by atomic mass is 10.0. The molecule has 24 heavy (non-hydrogen) atoms. The Bertz CT molecular complexity index is 522. The summed E-state index contributed by atoms with van der Waals surface area (Å²) >= 11 is 0. The molecule has 0 saturated carbocycles. The summed E-state index contributed by atoms with van der Waals surface area (Å²) in [4.78, 5) is 9.60. The van der Waals surface area contributed by atoms with Gasteiger partial charge in [-0.15, -0.1) is 0 Å². The van der Waals surface area contributed by atoms with Crippen LogP contribution in [0.15, 0.2) is 35.3 Å². The highest BCUT2D eigenvalue weighted by Gasteiger charge is 2.25. The highest BCUT2D eigenvalue weighted by atomic mass is 15.3. The first-order valence-corrected chi connectivity index (χ1v) is 9.52. The van der Waals surface area contributed by atoms with Crippen LogP contribution in [0.25, 0.3) is 0 Å². The second-order valence-corrected chi connectivity index (χ2v) is 7.29. The number of guanidine groups is 1. The van der Waals surface area contributed by atoms with Gasteiger partial charge in [-0.3, -0.25) is 9.89 Å². The van der Waals surface area contributed by atoms with Gasteiger partial charge in [0.2, 0.25) is 0 Å². The Morgan fingerprint density at radius 3 is 2.58 bits per heavy atom. The van der Waals surface area contributed by atoms with Gasteiger partial charge in [0.25, 0.3) is 0 Å². The Hall–Kier alpha value is -1.55. The summed E-state index contributed by atoms with van der Waals surface area (Å²) in [6.07, 6.45) is 5.26. The van der Waals surface area contributed by atoms with E-state index in [0.29, 0.717) is 6.04 Å². The quantitative estimate of drug-likeness (QED) is 0.680. The zero-order valence-electron chi connectivity index (χ0n) is 15.2. The normalized spacial score (nSPS) is 24.2. The number of benzene rings is 1. The second kappa shape index (κ2) is 8.52. The van der Waals surface area contributed by atoms with Crippen molar-refractivity contribution in [3.63, 3.8) is 0 Å². The number of rotatable bonds is 4. The third-order valence-corrected chi connectivity index (χ3v) is 5.39. The Kier molecular flexibility index (Phi) is 6.13. The molecule has 2 fully saturated rings. The summed E-state index contributed by atoms with van der Waals surface area (Å²) in [5.74, 6) is 1.84. The minimum atomic E-state index is 0.438. The molecule has 0 radical (unpaired) electrons. The van der Waals surface area contributed by atoms with Crippen molar-refractivity contribution in [2.75, 3.05) is 39.8 Å². The van der Waals surface area contributed by atoms with Crippen molar-refractivity contribution >= 4 is 5.96 Å². The Labute approximate surface area is 146 Å². The van der Waals surface area contributed by atoms with Crippen LogP contribution in [0, 0.1) is 5.92 Å². The van der Waals surface area contributed by atoms with Crippen molar-refractivity contribution in [3.05, 3.63) is 35.9 Å². The van der Waals surface area contributed by atoms with E-state index in [1.807, 2.05) is 7.05 Å². The maximum Gasteiger partial charge on any atom is 0.193 e. The van der Waals surface area contributed by atoms with E-state index in [1.165, 1.54) is 44.3 Å². The molecule has 2 atom stereocenters. The Morgan fingerprint density at radius 1 is 1.17 bits per heavy atom. The van der Waals surface area contributed by atoms with E-state index in [2.05, 4.69) is 57.4 Å². The second-order valence-electron chi connectivity index (χ2n) is 7.29. The number of aliphatic imine (C=N–C) groups is 1. The van der Waals surface area contributed by atoms with E-state index in [0.717, 1.165) is 31.5 Å². The number of nitrogens with zero attached hydrogens (tertiary/aromatic N) is 3. The molecular formula is C20H32N4. The summed E-state index contributed by atoms with van der Waals surface area (Å²) in [6, 6.07) is 11.4. The van der Waals surface area contributed by atoms with Gasteiger partial charge in [-0.05, 0) is 50.3 Å². The standard InChI is InChI=1S/C20H32N4/c1-17-9-8-14-24(16-17)20(21-2)22-15-19(23-12-6-7-13-23)18-10-4-3-5-11-18/h3-5,10-11,17,19H,6-9,12-16H2,1-2H3,(H,21,22). The van der Waals surface area contributed by atoms with Crippen molar-refractivity contribution in [2.24, 2.45) is 10.9 Å². The number of likely N-dealkylation sites (tertiary alicyclic amines) is 2. The number of hydrogen-bond donors (Lipinski definition) is 1. The first-order valence-electron chi connectivity index (χ1n) is 9.52. The summed E-state index contributed by atoms with van der Waals surface area (Å²) in [6.45, 7) is 7.95. The first-order chi connectivity index (χ1) is 11.8. The molecule has 1 aromatic carbocycles. The fourth-order valence-corrected chi connectivity index (χ4v) is 4.09. The van der Waals surface area contributed by atoms with E-state index in [9.17, 15) is 0 Å². The maximum absolute atomic E-state index is 4.55. The molecule has 3 rings (SSSR count). The lowest BCUT2D eigenvalue weighted by Gasteiger charge is -2.35. The van der Waals surface area contributed by atoms with Crippen LogP contribution in [0.3, 0.4) is 0 Å². The summed E-state index contributed by atoms with van der Waals surface area (Å²) in [5.41, 5.74) is 1.41. The molecule has 0 aliphatic carbocycles. The lowest BCUT2D eigenvalue weighted by Crippen LogP contribution is -2.48. The molecule has 1 N–H and O–H groups in total. The van der Waals surface area contributed by atoms with Crippen molar-refractivity contribution in [3.8, 4) is 0 Å². The predicted octanol–water partition coefficient (Wildman–Crippen LogP) is 3.13. The minimum absolute atomic E-state index is 0.438. The van der Waals surface area contributed by atoms with Crippen molar-refractivity contribution < 1.29 is 0 Å². The molecule has 0 aromatic heterocycles. The molecule has 4 nitrogen and oxygen atoms in total. The topological polar surface area (TPSA) is 30.9 Å². The lowest BCUT2D eigenvalue weighted by molar-refractivity contribution is 0.236. The molecule has 0 spiro atoms. The van der Waals surface area contributed by atoms with Gasteiger partial charge in [0.05, 0.1) is 6.04 Å². The Balaban J connectivity index is 1.66. The molecule has 1 aromatic rings. The van der Waals surface area contributed by atoms with Gasteiger partial charge in [0.15, 0.2) is 5.96 Å². The van der Waals surface area contributed by atoms with Crippen molar-refractivity contribution in [2.45, 2.75) is 38.6 Å². The van der Waals surface area contributed by atoms with Gasteiger partial charge in [-0.1, -0.05) is 37.3 Å². The van der Waals surface area contributed by atoms with E-state index >= 15 is 0 Å². The van der Waals surface area contributed by atoms with Gasteiger partial charge in [-0.2, -0.15) is 0 Å². The third kappa shape index (κ3) is 4.29. The number of hydrogen-bond acceptors (Lipinski definition) is 2. The summed E-state index contributed by atoms with van der Waals surface area (Å²) < 4.78 is 0. The van der Waals surface area contributed by atoms with Crippen LogP contribution in [-0.4, -0.2) is 55.5 Å². The molecule has 2 aliphatic rings. The van der Waals surface area contributed by atoms with E-state index in [1.54, 1.807) is 0 Å². The van der Waals surface area contributed by atoms with E-state index in [-0.39, 0.29) is 0 Å². The number of nitrogens with one attached hydrogen (secondary N) is 1. The smallest absolute Gasteiger partial charge is 0.193 e. The fraction of sp³-hybridized carbons (Fsp3) is 0.650. The number of piperidine rings is 1. The third-order valence-electron chi connectivity index (χ3n) is 5.39. The SMILES string of the molecule is CN=C(NCC(c1ccccc1)N1CCCC1)N1CCCC(C)C1. The van der Waals surface area contributed by atoms with Crippen molar-refractivity contribution in [1.29, 1.82) is 0 Å². The highest BCUT2D eigenvalue weighted by Crippen LogP contribution is 2.24. The molecule has 4 heteroatoms. The van der Waals surface area contributed by atoms with Crippen LogP contribution < -0.4 is 5.32 Å². The molecule has 2 heterocycles. The van der Waals surface area contributed by atoms with Gasteiger partial charge >= 0.3 is 0 Å². The van der Waals surface area contributed by atoms with Gasteiger partial charge < -0.3 is 10.2 Å². The Morgan fingerprint density at radius 2 is 1.92 bits per heavy atom. The summed E-state index contributed by atoms with van der Waals surface area (Å²) in [5, 5.41) is 3.67. The molecule has 2 saturated heterocycles. The monoisotopic (exact) mass is 328 g/mol. The van der Waals surface area contributed by atoms with Gasteiger partial charge in [-0.25, -0.2) is 0 Å². The van der Waals surface area contributed by atoms with Crippen LogP contribution >= 0.6 is 0 Å². The summed E-state index contributed by atoms with van der Waals surface area (Å²) in [7, 11) is 1.91. The molecule has 132 valence electrons. The van der Waals surface area contributed by atoms with E-state index < -0.39 is 0 Å². The zero-order chi connectivity index (χ0) is 16.8. The largest absolute Gasteiger partial charge is 0.354 e. The maximum atomic E-state index is 4.55. The van der Waals surface area contributed by atoms with Gasteiger partial charge in [0, 0.05) is 26.7 Å². The van der Waals surface area contributed by atoms with Crippen LogP contribution in [-0.2, 0) is 0 Å². The minimum Gasteiger partial charge on any atom is -0.354 e. The predicted molar refractivity (Wildman–Crippen MR) is 101 cm³/mol. The van der Waals surface area contributed by atoms with E-state index in [4.69, 9.17) is 0 Å². The average molecular weight is 329 g/mol. The van der Waals surface area contributed by atoms with Crippen LogP contribution in [0.4, 0.5) is 0 Å². The molecule has 2 aliphatic heterocycles. The molecule has 0 amide bonds. The molecule has 0 bridgehead atoms. The first kappa shape index (κ1) is 17.3. The highest BCUT2D eigenvalue weighted by molar-refractivity contribution is 5.80. The van der Waals surface area contributed by atoms with Gasteiger partial charge in [0.1, 0.15) is 0 Å². The van der Waals surface area contributed by atoms with Crippen molar-refractivity contribution in [1.82, 2.24) is 15.1 Å². The van der Waals surface area contributed by atoms with Crippen LogP contribution in [0.2, 0.25) is 0 Å². The molecular weight excluding hydrogens is 296 g/mol. The zero-order valence-corrected chi connectivity index (χ0v) is 15.2. The average Bonchev–Trinajstić information content (AvgIpc) is 3.14. The molecule has 2 unspecified atom stereocenters.